The van der Waals surface area contributed by atoms with E-state index in [1.54, 1.807) is 16.8 Å². The number of nitrogens with one attached hydrogen (secondary N) is 1. The van der Waals surface area contributed by atoms with Crippen molar-refractivity contribution >= 4 is 11.6 Å². The zero-order valence-electron chi connectivity index (χ0n) is 6.37. The molecule has 1 aromatic heterocycles. The number of ketones is 1. The molecule has 4 heteroatoms. The number of rotatable bonds is 0. The molecule has 0 atom stereocenters. The van der Waals surface area contributed by atoms with Crippen LogP contribution in [0.2, 0.25) is 0 Å². The van der Waals surface area contributed by atoms with Gasteiger partial charge in [0.25, 0.3) is 0 Å². The molecular formula is C8H7N3O. The van der Waals surface area contributed by atoms with Gasteiger partial charge in [0.2, 0.25) is 0 Å². The van der Waals surface area contributed by atoms with Crippen LogP contribution in [0.3, 0.4) is 0 Å². The van der Waals surface area contributed by atoms with E-state index in [-0.39, 0.29) is 5.78 Å². The first-order chi connectivity index (χ1) is 5.79. The quantitative estimate of drug-likeness (QED) is 0.597. The molecule has 60 valence electrons. The highest BCUT2D eigenvalue weighted by Gasteiger charge is 2.14. The maximum Gasteiger partial charge on any atom is 0.171 e. The first-order valence-electron chi connectivity index (χ1n) is 3.65. The van der Waals surface area contributed by atoms with Crippen LogP contribution in [0, 0.1) is 11.3 Å². The van der Waals surface area contributed by atoms with Crippen molar-refractivity contribution in [3.8, 4) is 6.07 Å². The molecule has 1 aliphatic rings. The molecule has 1 N–H and O–H groups in total. The van der Waals surface area contributed by atoms with Crippen LogP contribution >= 0.6 is 0 Å². The summed E-state index contributed by atoms with van der Waals surface area (Å²) in [6, 6.07) is 3.77. The summed E-state index contributed by atoms with van der Waals surface area (Å²) in [5.74, 6) is 0.994. The van der Waals surface area contributed by atoms with Crippen molar-refractivity contribution in [3.63, 3.8) is 0 Å². The molecule has 1 aromatic rings. The largest absolute Gasteiger partial charge is 0.364 e. The highest BCUT2D eigenvalue weighted by molar-refractivity contribution is 5.85. The van der Waals surface area contributed by atoms with Gasteiger partial charge in [-0.25, -0.2) is 0 Å². The van der Waals surface area contributed by atoms with Crippen molar-refractivity contribution in [1.82, 2.24) is 4.57 Å². The molecule has 0 saturated heterocycles. The average Bonchev–Trinajstić information content (AvgIpc) is 2.46. The van der Waals surface area contributed by atoms with E-state index in [0.29, 0.717) is 18.7 Å². The number of hydrogen-bond acceptors (Lipinski definition) is 3. The minimum Gasteiger partial charge on any atom is -0.364 e. The molecule has 1 aliphatic heterocycles. The van der Waals surface area contributed by atoms with E-state index in [1.165, 1.54) is 0 Å². The van der Waals surface area contributed by atoms with E-state index in [4.69, 9.17) is 5.26 Å². The van der Waals surface area contributed by atoms with Crippen molar-refractivity contribution in [2.24, 2.45) is 0 Å². The number of aromatic nitrogens is 1. The van der Waals surface area contributed by atoms with Gasteiger partial charge in [0.05, 0.1) is 18.7 Å². The number of nitriles is 1. The minimum absolute atomic E-state index is 0.141. The van der Waals surface area contributed by atoms with Crippen LogP contribution in [0.1, 0.15) is 5.56 Å². The molecule has 0 spiro atoms. The van der Waals surface area contributed by atoms with Crippen LogP contribution in [0.4, 0.5) is 5.82 Å². The van der Waals surface area contributed by atoms with Gasteiger partial charge in [0.15, 0.2) is 5.78 Å². The highest BCUT2D eigenvalue weighted by atomic mass is 16.1. The Hall–Kier alpha value is -1.76. The van der Waals surface area contributed by atoms with Crippen LogP contribution in [0.15, 0.2) is 12.3 Å². The van der Waals surface area contributed by atoms with E-state index >= 15 is 0 Å². The number of nitrogens with zero attached hydrogens (tertiary/aromatic N) is 2. The van der Waals surface area contributed by atoms with Crippen molar-refractivity contribution in [2.45, 2.75) is 6.54 Å². The van der Waals surface area contributed by atoms with Gasteiger partial charge in [-0.15, -0.1) is 0 Å². The van der Waals surface area contributed by atoms with Gasteiger partial charge in [-0.1, -0.05) is 0 Å². The fourth-order valence-corrected chi connectivity index (χ4v) is 1.28. The molecule has 0 radical (unpaired) electrons. The van der Waals surface area contributed by atoms with E-state index in [9.17, 15) is 4.79 Å². The van der Waals surface area contributed by atoms with Crippen molar-refractivity contribution < 1.29 is 4.79 Å². The summed E-state index contributed by atoms with van der Waals surface area (Å²) < 4.78 is 1.75. The summed E-state index contributed by atoms with van der Waals surface area (Å²) in [6.45, 7) is 0.749. The second kappa shape index (κ2) is 2.38. The topological polar surface area (TPSA) is 57.8 Å². The normalized spacial score (nSPS) is 14.8. The number of carbonyl (C=O) groups excluding carboxylic acids is 1. The molecule has 4 nitrogen and oxygen atoms in total. The van der Waals surface area contributed by atoms with Gasteiger partial charge in [0.1, 0.15) is 11.9 Å². The lowest BCUT2D eigenvalue weighted by Crippen LogP contribution is -2.26. The Balaban J connectivity index is 2.42. The monoisotopic (exact) mass is 161 g/mol. The Morgan fingerprint density at radius 2 is 2.50 bits per heavy atom. The Kier molecular flexibility index (Phi) is 1.37. The number of fused-ring (bicyclic) bond motifs is 1. The summed E-state index contributed by atoms with van der Waals surface area (Å²) in [4.78, 5) is 11.0. The van der Waals surface area contributed by atoms with E-state index in [2.05, 4.69) is 5.32 Å². The van der Waals surface area contributed by atoms with Crippen molar-refractivity contribution in [3.05, 3.63) is 17.8 Å². The van der Waals surface area contributed by atoms with E-state index in [0.717, 1.165) is 5.82 Å². The van der Waals surface area contributed by atoms with Gasteiger partial charge in [0, 0.05) is 6.20 Å². The third-order valence-electron chi connectivity index (χ3n) is 1.84. The molecule has 2 heterocycles. The smallest absolute Gasteiger partial charge is 0.171 e. The van der Waals surface area contributed by atoms with Crippen LogP contribution in [0.25, 0.3) is 0 Å². The van der Waals surface area contributed by atoms with Gasteiger partial charge in [-0.3, -0.25) is 4.79 Å². The number of Topliss-reactive ketones (excluding diaryl/α,β-unsaturated/α-hetero) is 1. The third-order valence-corrected chi connectivity index (χ3v) is 1.84. The molecule has 0 fully saturated rings. The summed E-state index contributed by atoms with van der Waals surface area (Å²) >= 11 is 0. The second-order valence-electron chi connectivity index (χ2n) is 2.75. The highest BCUT2D eigenvalue weighted by Crippen LogP contribution is 2.16. The molecular weight excluding hydrogens is 154 g/mol. The molecule has 2 rings (SSSR count). The first kappa shape index (κ1) is 6.92. The molecule has 0 aromatic carbocycles. The third kappa shape index (κ3) is 0.957. The van der Waals surface area contributed by atoms with Gasteiger partial charge in [-0.2, -0.15) is 5.26 Å². The van der Waals surface area contributed by atoms with Crippen molar-refractivity contribution in [2.75, 3.05) is 11.9 Å². The Bertz CT molecular complexity index is 372. The fraction of sp³-hybridized carbons (Fsp3) is 0.250. The fourth-order valence-electron chi connectivity index (χ4n) is 1.28. The lowest BCUT2D eigenvalue weighted by atomic mass is 10.3. The van der Waals surface area contributed by atoms with Crippen LogP contribution < -0.4 is 5.32 Å². The summed E-state index contributed by atoms with van der Waals surface area (Å²) in [7, 11) is 0. The Morgan fingerprint density at radius 3 is 3.25 bits per heavy atom. The SMILES string of the molecule is N#Cc1cc2n(c1)CC(=O)CN2. The summed E-state index contributed by atoms with van der Waals surface area (Å²) in [5, 5.41) is 11.5. The zero-order valence-corrected chi connectivity index (χ0v) is 6.37. The maximum absolute atomic E-state index is 11.0. The lowest BCUT2D eigenvalue weighted by Gasteiger charge is -2.15. The van der Waals surface area contributed by atoms with Crippen LogP contribution in [0.5, 0.6) is 0 Å². The average molecular weight is 161 g/mol. The van der Waals surface area contributed by atoms with Crippen LogP contribution in [-0.2, 0) is 11.3 Å². The predicted molar refractivity (Wildman–Crippen MR) is 42.6 cm³/mol. The standard InChI is InChI=1S/C8H7N3O/c9-2-6-1-8-10-3-7(12)5-11(8)4-6/h1,4,10H,3,5H2. The van der Waals surface area contributed by atoms with Gasteiger partial charge >= 0.3 is 0 Å². The zero-order chi connectivity index (χ0) is 8.55. The molecule has 0 amide bonds. The minimum atomic E-state index is 0.141. The second-order valence-corrected chi connectivity index (χ2v) is 2.75. The van der Waals surface area contributed by atoms with Crippen LogP contribution in [-0.4, -0.2) is 16.9 Å². The summed E-state index contributed by atoms with van der Waals surface area (Å²) in [6.07, 6.45) is 1.68. The number of hydrogen-bond donors (Lipinski definition) is 1. The summed E-state index contributed by atoms with van der Waals surface area (Å²) in [5.41, 5.74) is 0.590. The van der Waals surface area contributed by atoms with Gasteiger partial charge < -0.3 is 9.88 Å². The Labute approximate surface area is 69.4 Å². The molecule has 0 bridgehead atoms. The lowest BCUT2D eigenvalue weighted by molar-refractivity contribution is -0.118. The first-order valence-corrected chi connectivity index (χ1v) is 3.65. The molecule has 0 aliphatic carbocycles. The molecule has 0 unspecified atom stereocenters. The predicted octanol–water partition coefficient (Wildman–Crippen LogP) is 0.354. The van der Waals surface area contributed by atoms with Crippen molar-refractivity contribution in [1.29, 1.82) is 5.26 Å². The van der Waals surface area contributed by atoms with E-state index in [1.807, 2.05) is 6.07 Å². The molecule has 12 heavy (non-hydrogen) atoms. The number of anilines is 1. The maximum atomic E-state index is 11.0. The molecule has 0 saturated carbocycles. The van der Waals surface area contributed by atoms with E-state index < -0.39 is 0 Å². The van der Waals surface area contributed by atoms with Gasteiger partial charge in [-0.05, 0) is 6.07 Å². The Morgan fingerprint density at radius 1 is 1.67 bits per heavy atom. The number of carbonyl (C=O) groups is 1.